The third kappa shape index (κ3) is 5.33. The summed E-state index contributed by atoms with van der Waals surface area (Å²) in [6.45, 7) is 6.03. The number of aryl methyl sites for hydroxylation is 1. The molecule has 154 valence electrons. The lowest BCUT2D eigenvalue weighted by atomic mass is 9.96. The first-order valence-corrected chi connectivity index (χ1v) is 9.63. The van der Waals surface area contributed by atoms with Crippen molar-refractivity contribution in [3.8, 4) is 5.75 Å². The molecule has 1 aliphatic heterocycles. The predicted octanol–water partition coefficient (Wildman–Crippen LogP) is 2.19. The Morgan fingerprint density at radius 2 is 1.93 bits per heavy atom. The third-order valence-corrected chi connectivity index (χ3v) is 4.98. The molecule has 0 aromatic heterocycles. The minimum atomic E-state index is -1.50. The number of benzene rings is 1. The van der Waals surface area contributed by atoms with Crippen molar-refractivity contribution in [1.29, 1.82) is 0 Å². The Hall–Kier alpha value is -2.38. The van der Waals surface area contributed by atoms with E-state index in [0.717, 1.165) is 0 Å². The molecule has 0 radical (unpaired) electrons. The number of aliphatic hydroxyl groups is 2. The van der Waals surface area contributed by atoms with Crippen molar-refractivity contribution >= 4 is 17.4 Å². The molecule has 1 aromatic carbocycles. The van der Waals surface area contributed by atoms with Gasteiger partial charge < -0.3 is 25.4 Å². The van der Waals surface area contributed by atoms with Gasteiger partial charge >= 0.3 is 5.97 Å². The number of aromatic hydroxyl groups is 1. The normalized spacial score (nSPS) is 28.0. The van der Waals surface area contributed by atoms with Crippen molar-refractivity contribution in [2.75, 3.05) is 11.9 Å². The molecule has 0 amide bonds. The molecular weight excluding hydrogens is 362 g/mol. The summed E-state index contributed by atoms with van der Waals surface area (Å²) in [4.78, 5) is 24.7. The van der Waals surface area contributed by atoms with Gasteiger partial charge in [-0.3, -0.25) is 4.79 Å². The summed E-state index contributed by atoms with van der Waals surface area (Å²) in [5.41, 5.74) is 1.36. The van der Waals surface area contributed by atoms with Gasteiger partial charge in [0.25, 0.3) is 0 Å². The second-order valence-electron chi connectivity index (χ2n) is 7.20. The highest BCUT2D eigenvalue weighted by Crippen LogP contribution is 2.30. The summed E-state index contributed by atoms with van der Waals surface area (Å²) in [6, 6.07) is 3.26. The maximum Gasteiger partial charge on any atom is 0.342 e. The molecular formula is C21H29NO6. The summed E-state index contributed by atoms with van der Waals surface area (Å²) in [6.07, 6.45) is 0.458. The Morgan fingerprint density at radius 1 is 1.21 bits per heavy atom. The monoisotopic (exact) mass is 391 g/mol. The molecule has 4 N–H and O–H groups in total. The molecule has 0 saturated carbocycles. The smallest absolute Gasteiger partial charge is 0.342 e. The number of esters is 1. The van der Waals surface area contributed by atoms with Gasteiger partial charge in [0.15, 0.2) is 5.78 Å². The van der Waals surface area contributed by atoms with Crippen LogP contribution in [0, 0.1) is 5.92 Å². The van der Waals surface area contributed by atoms with Crippen LogP contribution in [0.5, 0.6) is 5.75 Å². The van der Waals surface area contributed by atoms with Gasteiger partial charge in [-0.2, -0.15) is 0 Å². The fraction of sp³-hybridized carbons (Fsp3) is 0.524. The summed E-state index contributed by atoms with van der Waals surface area (Å²) in [5, 5.41) is 33.7. The summed E-state index contributed by atoms with van der Waals surface area (Å²) < 4.78 is 5.50. The zero-order valence-electron chi connectivity index (χ0n) is 16.5. The number of carbonyl (C=O) groups excluding carboxylic acids is 2. The number of hydrogen-bond acceptors (Lipinski definition) is 7. The van der Waals surface area contributed by atoms with E-state index in [9.17, 15) is 24.9 Å². The zero-order chi connectivity index (χ0) is 20.8. The van der Waals surface area contributed by atoms with E-state index in [1.807, 2.05) is 6.92 Å². The molecule has 1 aromatic rings. The van der Waals surface area contributed by atoms with Crippen LogP contribution in [-0.4, -0.2) is 51.9 Å². The number of phenolic OH excluding ortho intramolecular Hbond substituents is 1. The Labute approximate surface area is 165 Å². The number of cyclic esters (lactones) is 1. The molecule has 0 unspecified atom stereocenters. The molecule has 4 atom stereocenters. The first-order chi connectivity index (χ1) is 13.2. The van der Waals surface area contributed by atoms with E-state index < -0.39 is 30.1 Å². The van der Waals surface area contributed by atoms with Crippen LogP contribution in [-0.2, 0) is 16.0 Å². The predicted molar refractivity (Wildman–Crippen MR) is 105 cm³/mol. The van der Waals surface area contributed by atoms with Gasteiger partial charge in [-0.1, -0.05) is 13.0 Å². The Morgan fingerprint density at radius 3 is 2.61 bits per heavy atom. The largest absolute Gasteiger partial charge is 0.507 e. The third-order valence-electron chi connectivity index (χ3n) is 4.98. The van der Waals surface area contributed by atoms with Crippen molar-refractivity contribution < 1.29 is 29.6 Å². The van der Waals surface area contributed by atoms with Crippen molar-refractivity contribution in [3.05, 3.63) is 35.4 Å². The molecule has 0 saturated heterocycles. The quantitative estimate of drug-likeness (QED) is 0.571. The lowest BCUT2D eigenvalue weighted by Gasteiger charge is -2.21. The van der Waals surface area contributed by atoms with Gasteiger partial charge in [0, 0.05) is 24.2 Å². The highest BCUT2D eigenvalue weighted by Gasteiger charge is 2.26. The summed E-state index contributed by atoms with van der Waals surface area (Å²) >= 11 is 0. The van der Waals surface area contributed by atoms with Crippen LogP contribution < -0.4 is 5.32 Å². The van der Waals surface area contributed by atoms with Gasteiger partial charge in [-0.15, -0.1) is 0 Å². The van der Waals surface area contributed by atoms with E-state index in [-0.39, 0.29) is 23.7 Å². The standard InChI is InChI=1S/C21H29NO6/c1-4-22-15-10-14-6-5-7-16(23)20(26)17(24)9-8-12(2)13(3)28-21(27)19(14)18(25)11-15/h8-13,16,20,22-23,25-26H,4-7H2,1-3H3/b9-8-/t12-,13+,16+,20+/m1/s1. The highest BCUT2D eigenvalue weighted by molar-refractivity contribution is 5.95. The van der Waals surface area contributed by atoms with E-state index in [0.29, 0.717) is 30.6 Å². The number of anilines is 1. The molecule has 0 aliphatic carbocycles. The second-order valence-corrected chi connectivity index (χ2v) is 7.20. The summed E-state index contributed by atoms with van der Waals surface area (Å²) in [5.74, 6) is -1.68. The molecule has 0 fully saturated rings. The van der Waals surface area contributed by atoms with Crippen LogP contribution in [0.25, 0.3) is 0 Å². The zero-order valence-corrected chi connectivity index (χ0v) is 16.5. The van der Waals surface area contributed by atoms with Gasteiger partial charge in [0.1, 0.15) is 23.5 Å². The van der Waals surface area contributed by atoms with Crippen LogP contribution in [0.15, 0.2) is 24.3 Å². The lowest BCUT2D eigenvalue weighted by Crippen LogP contribution is -2.33. The van der Waals surface area contributed by atoms with Gasteiger partial charge in [0.2, 0.25) is 0 Å². The average molecular weight is 391 g/mol. The molecule has 2 rings (SSSR count). The van der Waals surface area contributed by atoms with Gasteiger partial charge in [-0.25, -0.2) is 4.79 Å². The van der Waals surface area contributed by atoms with Crippen LogP contribution in [0.2, 0.25) is 0 Å². The molecule has 0 bridgehead atoms. The number of ether oxygens (including phenoxy) is 1. The van der Waals surface area contributed by atoms with Crippen LogP contribution in [0.1, 0.15) is 49.5 Å². The van der Waals surface area contributed by atoms with E-state index in [1.54, 1.807) is 19.9 Å². The molecule has 1 heterocycles. The van der Waals surface area contributed by atoms with E-state index >= 15 is 0 Å². The number of phenols is 1. The maximum atomic E-state index is 12.7. The van der Waals surface area contributed by atoms with Crippen LogP contribution in [0.3, 0.4) is 0 Å². The summed E-state index contributed by atoms with van der Waals surface area (Å²) in [7, 11) is 0. The van der Waals surface area contributed by atoms with Gasteiger partial charge in [0.05, 0.1) is 6.10 Å². The Balaban J connectivity index is 2.41. The van der Waals surface area contributed by atoms with Crippen molar-refractivity contribution in [2.24, 2.45) is 5.92 Å². The van der Waals surface area contributed by atoms with E-state index in [4.69, 9.17) is 4.74 Å². The Kier molecular flexibility index (Phi) is 7.60. The van der Waals surface area contributed by atoms with E-state index in [1.165, 1.54) is 18.2 Å². The molecule has 0 spiro atoms. The topological polar surface area (TPSA) is 116 Å². The highest BCUT2D eigenvalue weighted by atomic mass is 16.5. The van der Waals surface area contributed by atoms with E-state index in [2.05, 4.69) is 5.32 Å². The SMILES string of the molecule is CCNc1cc(O)c2c(c1)CCC[C@H](O)[C@H](O)C(=O)/C=C\[C@@H](C)[C@H](C)OC2=O. The number of rotatable bonds is 2. The molecule has 1 aliphatic rings. The molecule has 7 nitrogen and oxygen atoms in total. The fourth-order valence-electron chi connectivity index (χ4n) is 3.11. The van der Waals surface area contributed by atoms with Crippen molar-refractivity contribution in [3.63, 3.8) is 0 Å². The number of nitrogens with one attached hydrogen (secondary N) is 1. The Bertz CT molecular complexity index is 745. The number of aliphatic hydroxyl groups excluding tert-OH is 2. The minimum Gasteiger partial charge on any atom is -0.507 e. The first kappa shape index (κ1) is 21.9. The number of fused-ring (bicyclic) bond motifs is 1. The lowest BCUT2D eigenvalue weighted by molar-refractivity contribution is -0.128. The van der Waals surface area contributed by atoms with Gasteiger partial charge in [-0.05, 0) is 50.8 Å². The fourth-order valence-corrected chi connectivity index (χ4v) is 3.11. The second kappa shape index (κ2) is 9.71. The number of ketones is 1. The van der Waals surface area contributed by atoms with Crippen LogP contribution >= 0.6 is 0 Å². The first-order valence-electron chi connectivity index (χ1n) is 9.63. The van der Waals surface area contributed by atoms with Crippen molar-refractivity contribution in [1.82, 2.24) is 0 Å². The van der Waals surface area contributed by atoms with Crippen molar-refractivity contribution in [2.45, 2.75) is 58.3 Å². The number of hydrogen-bond donors (Lipinski definition) is 4. The minimum absolute atomic E-state index is 0.104. The average Bonchev–Trinajstić information content (AvgIpc) is 2.64. The number of carbonyl (C=O) groups is 2. The maximum absolute atomic E-state index is 12.7. The van der Waals surface area contributed by atoms with Crippen LogP contribution in [0.4, 0.5) is 5.69 Å². The molecule has 28 heavy (non-hydrogen) atoms. The molecule has 7 heteroatoms.